The van der Waals surface area contributed by atoms with E-state index in [1.54, 1.807) is 20.8 Å². The molecule has 0 radical (unpaired) electrons. The van der Waals surface area contributed by atoms with Crippen molar-refractivity contribution in [2.24, 2.45) is 23.7 Å². The van der Waals surface area contributed by atoms with Gasteiger partial charge < -0.3 is 5.11 Å². The van der Waals surface area contributed by atoms with E-state index in [-0.39, 0.29) is 22.6 Å². The molecule has 0 aliphatic heterocycles. The largest absolute Gasteiger partial charge is 0.430 e. The van der Waals surface area contributed by atoms with E-state index in [2.05, 4.69) is 0 Å². The minimum Gasteiger partial charge on any atom is -0.369 e. The molecule has 4 nitrogen and oxygen atoms in total. The van der Waals surface area contributed by atoms with Crippen molar-refractivity contribution in [2.45, 2.75) is 107 Å². The summed E-state index contributed by atoms with van der Waals surface area (Å²) >= 11 is 0. The van der Waals surface area contributed by atoms with Gasteiger partial charge in [0.1, 0.15) is 4.90 Å². The Balaban J connectivity index is 1.98. The predicted octanol–water partition coefficient (Wildman–Crippen LogP) is 6.55. The van der Waals surface area contributed by atoms with E-state index in [4.69, 9.17) is 4.18 Å². The lowest BCUT2D eigenvalue weighted by Gasteiger charge is -2.53. The van der Waals surface area contributed by atoms with Crippen LogP contribution in [0.4, 0.5) is 26.3 Å². The summed E-state index contributed by atoms with van der Waals surface area (Å²) in [6, 6.07) is 3.12. The van der Waals surface area contributed by atoms with Crippen LogP contribution < -0.4 is 5.19 Å². The summed E-state index contributed by atoms with van der Waals surface area (Å²) in [5.41, 5.74) is -7.07. The second-order valence-electron chi connectivity index (χ2n) is 11.7. The fourth-order valence-corrected chi connectivity index (χ4v) is 14.0. The monoisotopic (exact) mass is 586 g/mol. The Hall–Kier alpha value is -1.11. The fourth-order valence-electron chi connectivity index (χ4n) is 7.72. The zero-order chi connectivity index (χ0) is 28.5. The van der Waals surface area contributed by atoms with Crippen LogP contribution in [0.3, 0.4) is 0 Å². The van der Waals surface area contributed by atoms with E-state index in [0.29, 0.717) is 36.0 Å². The molecule has 4 saturated carbocycles. The van der Waals surface area contributed by atoms with Crippen molar-refractivity contribution < 1.29 is 44.0 Å². The summed E-state index contributed by atoms with van der Waals surface area (Å²) in [6.45, 7) is 6.64. The molecule has 0 heterocycles. The maximum atomic E-state index is 14.2. The van der Waals surface area contributed by atoms with Gasteiger partial charge in [-0.2, -0.15) is 34.8 Å². The van der Waals surface area contributed by atoms with Gasteiger partial charge in [-0.3, -0.25) is 4.18 Å². The van der Waals surface area contributed by atoms with Crippen molar-refractivity contribution in [1.82, 2.24) is 0 Å². The summed E-state index contributed by atoms with van der Waals surface area (Å²) in [7, 11) is -8.04. The quantitative estimate of drug-likeness (QED) is 0.213. The number of halogens is 6. The van der Waals surface area contributed by atoms with Crippen LogP contribution in [-0.4, -0.2) is 40.1 Å². The van der Waals surface area contributed by atoms with Gasteiger partial charge in [0.25, 0.3) is 15.7 Å². The van der Waals surface area contributed by atoms with E-state index in [1.165, 1.54) is 13.0 Å². The van der Waals surface area contributed by atoms with Crippen LogP contribution in [0.15, 0.2) is 17.0 Å². The number of alkyl halides is 6. The zero-order valence-corrected chi connectivity index (χ0v) is 23.9. The van der Waals surface area contributed by atoms with Crippen LogP contribution in [0.25, 0.3) is 0 Å². The molecule has 1 aromatic rings. The molecule has 0 spiro atoms. The zero-order valence-electron chi connectivity index (χ0n) is 22.0. The van der Waals surface area contributed by atoms with Crippen LogP contribution in [0.5, 0.6) is 0 Å². The molecule has 12 heteroatoms. The predicted molar refractivity (Wildman–Crippen MR) is 133 cm³/mol. The summed E-state index contributed by atoms with van der Waals surface area (Å²) in [5.74, 6) is 0.693. The van der Waals surface area contributed by atoms with E-state index >= 15 is 0 Å². The van der Waals surface area contributed by atoms with Gasteiger partial charge in [0.2, 0.25) is 0 Å². The Morgan fingerprint density at radius 1 is 0.868 bits per heavy atom. The molecule has 0 aromatic heterocycles. The summed E-state index contributed by atoms with van der Waals surface area (Å²) in [6.07, 6.45) is -9.20. The Labute approximate surface area is 221 Å². The molecule has 4 bridgehead atoms. The van der Waals surface area contributed by atoms with E-state index < -0.39 is 52.7 Å². The lowest BCUT2D eigenvalue weighted by atomic mass is 9.55. The third-order valence-corrected chi connectivity index (χ3v) is 16.9. The Kier molecular flexibility index (Phi) is 7.67. The summed E-state index contributed by atoms with van der Waals surface area (Å²) in [4.78, 5) is -1.13. The Bertz CT molecular complexity index is 1110. The second-order valence-corrected chi connectivity index (χ2v) is 18.4. The molecule has 0 saturated heterocycles. The number of benzene rings is 1. The summed E-state index contributed by atoms with van der Waals surface area (Å²) < 4.78 is 119. The first-order valence-electron chi connectivity index (χ1n) is 13.4. The maximum Gasteiger partial charge on any atom is 0.430 e. The van der Waals surface area contributed by atoms with E-state index in [1.807, 2.05) is 0 Å². The Morgan fingerprint density at radius 3 is 1.71 bits per heavy atom. The first kappa shape index (κ1) is 29.9. The number of aryl methyl sites for hydroxylation is 1. The highest BCUT2D eigenvalue weighted by Crippen LogP contribution is 2.56. The van der Waals surface area contributed by atoms with Crippen molar-refractivity contribution in [3.05, 3.63) is 23.3 Å². The van der Waals surface area contributed by atoms with Crippen molar-refractivity contribution >= 4 is 23.4 Å². The van der Waals surface area contributed by atoms with Gasteiger partial charge >= 0.3 is 12.4 Å². The molecule has 0 amide bonds. The standard InChI is InChI=1S/C26H36F6O4SSi/c1-5-38(6-2,7-3)21-9-15(4)8-20(24(33,25(27,28)29)26(30,31)32)23(21)37(34,35)36-22-18-11-16-10-17(13-18)14-19(22)12-16/h8-9,16-19,22,33H,5-7,10-14H2,1-4H3. The SMILES string of the molecule is CC[Si](CC)(CC)c1cc(C)cc(C(O)(C(F)(F)F)C(F)(F)F)c1S(=O)(=O)OC1C2CC3CC(C2)CC1C3. The molecule has 4 fully saturated rings. The highest BCUT2D eigenvalue weighted by Gasteiger charge is 2.73. The van der Waals surface area contributed by atoms with Crippen LogP contribution >= 0.6 is 0 Å². The van der Waals surface area contributed by atoms with Crippen molar-refractivity contribution in [3.63, 3.8) is 0 Å². The molecule has 4 aliphatic carbocycles. The maximum absolute atomic E-state index is 14.2. The molecule has 38 heavy (non-hydrogen) atoms. The summed E-state index contributed by atoms with van der Waals surface area (Å²) in [5, 5.41) is 10.5. The number of hydrogen-bond acceptors (Lipinski definition) is 4. The van der Waals surface area contributed by atoms with Gasteiger partial charge in [-0.1, -0.05) is 56.6 Å². The molecule has 0 unspecified atom stereocenters. The topological polar surface area (TPSA) is 63.6 Å². The third-order valence-electron chi connectivity index (χ3n) is 9.67. The lowest BCUT2D eigenvalue weighted by molar-refractivity contribution is -0.377. The highest BCUT2D eigenvalue weighted by atomic mass is 32.2. The van der Waals surface area contributed by atoms with Gasteiger partial charge in [0, 0.05) is 5.56 Å². The fraction of sp³-hybridized carbons (Fsp3) is 0.769. The number of rotatable bonds is 8. The molecule has 216 valence electrons. The molecule has 1 N–H and O–H groups in total. The van der Waals surface area contributed by atoms with Crippen molar-refractivity contribution in [3.8, 4) is 0 Å². The average molecular weight is 587 g/mol. The second kappa shape index (κ2) is 9.76. The smallest absolute Gasteiger partial charge is 0.369 e. The molecule has 1 aromatic carbocycles. The first-order valence-corrected chi connectivity index (χ1v) is 17.4. The highest BCUT2D eigenvalue weighted by molar-refractivity contribution is 7.87. The van der Waals surface area contributed by atoms with Gasteiger partial charge in [0.15, 0.2) is 0 Å². The van der Waals surface area contributed by atoms with Crippen LogP contribution in [0, 0.1) is 30.6 Å². The minimum atomic E-state index is -6.22. The molecular weight excluding hydrogens is 550 g/mol. The molecule has 0 atom stereocenters. The molecular formula is C26H36F6O4SSi. The third kappa shape index (κ3) is 4.64. The molecule has 4 aliphatic rings. The van der Waals surface area contributed by atoms with Gasteiger partial charge in [-0.05, 0) is 67.9 Å². The van der Waals surface area contributed by atoms with E-state index in [9.17, 15) is 39.9 Å². The van der Waals surface area contributed by atoms with E-state index in [0.717, 1.165) is 32.1 Å². The average Bonchev–Trinajstić information content (AvgIpc) is 2.80. The van der Waals surface area contributed by atoms with Gasteiger partial charge in [-0.15, -0.1) is 0 Å². The molecule has 5 rings (SSSR count). The Morgan fingerprint density at radius 2 is 1.32 bits per heavy atom. The number of aliphatic hydroxyl groups is 1. The normalized spacial score (nSPS) is 28.2. The van der Waals surface area contributed by atoms with Crippen LogP contribution in [0.2, 0.25) is 18.1 Å². The minimum absolute atomic E-state index is 0.0164. The van der Waals surface area contributed by atoms with Crippen LogP contribution in [0.1, 0.15) is 64.0 Å². The van der Waals surface area contributed by atoms with Gasteiger partial charge in [0.05, 0.1) is 14.2 Å². The first-order chi connectivity index (χ1) is 17.4. The van der Waals surface area contributed by atoms with Crippen LogP contribution in [-0.2, 0) is 19.9 Å². The lowest BCUT2D eigenvalue weighted by Crippen LogP contribution is -2.57. The number of hydrogen-bond donors (Lipinski definition) is 1. The van der Waals surface area contributed by atoms with Gasteiger partial charge in [-0.25, -0.2) is 0 Å². The van der Waals surface area contributed by atoms with Crippen molar-refractivity contribution in [1.29, 1.82) is 0 Å². The van der Waals surface area contributed by atoms with Crippen molar-refractivity contribution in [2.75, 3.05) is 0 Å².